The second-order valence-electron chi connectivity index (χ2n) is 2.99. The number of nitrogens with one attached hydrogen (secondary N) is 1. The van der Waals surface area contributed by atoms with Crippen LogP contribution in [0.1, 0.15) is 12.8 Å². The van der Waals surface area contributed by atoms with Gasteiger partial charge >= 0.3 is 0 Å². The number of aliphatic hydroxyl groups excluding tert-OH is 1. The van der Waals surface area contributed by atoms with E-state index in [4.69, 9.17) is 5.11 Å². The highest BCUT2D eigenvalue weighted by Gasteiger charge is 2.21. The molecule has 62 valence electrons. The van der Waals surface area contributed by atoms with E-state index in [2.05, 4.69) is 11.9 Å². The molecule has 0 saturated carbocycles. The first-order chi connectivity index (χ1) is 5.22. The highest BCUT2D eigenvalue weighted by molar-refractivity contribution is 5.78. The molecule has 3 heteroatoms. The van der Waals surface area contributed by atoms with E-state index in [0.29, 0.717) is 12.3 Å². The summed E-state index contributed by atoms with van der Waals surface area (Å²) in [5, 5.41) is 11.4. The standard InChI is InChI=1S/C8H13NO2/c1-6(5-10)2-7-3-8(11)9-4-7/h7,10H,1-5H2,(H,9,11)/t7-/m1/s1. The van der Waals surface area contributed by atoms with Gasteiger partial charge in [-0.05, 0) is 12.3 Å². The maximum absolute atomic E-state index is 10.7. The van der Waals surface area contributed by atoms with E-state index in [-0.39, 0.29) is 12.5 Å². The molecule has 1 saturated heterocycles. The Morgan fingerprint density at radius 1 is 1.82 bits per heavy atom. The zero-order valence-corrected chi connectivity index (χ0v) is 6.47. The average molecular weight is 155 g/mol. The monoisotopic (exact) mass is 155 g/mol. The zero-order chi connectivity index (χ0) is 8.27. The maximum Gasteiger partial charge on any atom is 0.220 e. The fourth-order valence-corrected chi connectivity index (χ4v) is 1.28. The van der Waals surface area contributed by atoms with E-state index >= 15 is 0 Å². The van der Waals surface area contributed by atoms with Gasteiger partial charge < -0.3 is 10.4 Å². The number of hydrogen-bond acceptors (Lipinski definition) is 2. The van der Waals surface area contributed by atoms with Gasteiger partial charge in [0.25, 0.3) is 0 Å². The lowest BCUT2D eigenvalue weighted by Crippen LogP contribution is -2.14. The average Bonchev–Trinajstić information content (AvgIpc) is 2.35. The third-order valence-electron chi connectivity index (χ3n) is 1.86. The molecule has 1 aliphatic heterocycles. The van der Waals surface area contributed by atoms with Gasteiger partial charge in [0.1, 0.15) is 0 Å². The Kier molecular flexibility index (Phi) is 2.65. The van der Waals surface area contributed by atoms with E-state index in [1.165, 1.54) is 0 Å². The van der Waals surface area contributed by atoms with Gasteiger partial charge in [0.2, 0.25) is 5.91 Å². The van der Waals surface area contributed by atoms with Gasteiger partial charge in [-0.3, -0.25) is 4.79 Å². The van der Waals surface area contributed by atoms with Crippen LogP contribution in [0.25, 0.3) is 0 Å². The summed E-state index contributed by atoms with van der Waals surface area (Å²) in [6.07, 6.45) is 1.34. The van der Waals surface area contributed by atoms with E-state index in [9.17, 15) is 4.79 Å². The summed E-state index contributed by atoms with van der Waals surface area (Å²) >= 11 is 0. The Labute approximate surface area is 66.1 Å². The van der Waals surface area contributed by atoms with Crippen LogP contribution in [0.5, 0.6) is 0 Å². The maximum atomic E-state index is 10.7. The van der Waals surface area contributed by atoms with Crippen molar-refractivity contribution < 1.29 is 9.90 Å². The number of carbonyl (C=O) groups excluding carboxylic acids is 1. The van der Waals surface area contributed by atoms with Crippen molar-refractivity contribution in [1.29, 1.82) is 0 Å². The second kappa shape index (κ2) is 3.53. The molecular weight excluding hydrogens is 142 g/mol. The van der Waals surface area contributed by atoms with Crippen molar-refractivity contribution in [2.75, 3.05) is 13.2 Å². The van der Waals surface area contributed by atoms with Crippen LogP contribution in [0.4, 0.5) is 0 Å². The molecule has 1 rings (SSSR count). The van der Waals surface area contributed by atoms with Crippen molar-refractivity contribution in [3.05, 3.63) is 12.2 Å². The largest absolute Gasteiger partial charge is 0.392 e. The van der Waals surface area contributed by atoms with Crippen molar-refractivity contribution in [2.24, 2.45) is 5.92 Å². The van der Waals surface area contributed by atoms with Gasteiger partial charge in [-0.25, -0.2) is 0 Å². The van der Waals surface area contributed by atoms with Gasteiger partial charge in [0.15, 0.2) is 0 Å². The summed E-state index contributed by atoms with van der Waals surface area (Å²) in [6, 6.07) is 0. The predicted octanol–water partition coefficient (Wildman–Crippen LogP) is 0.0611. The minimum atomic E-state index is 0.0324. The molecule has 0 aliphatic carbocycles. The normalized spacial score (nSPS) is 23.4. The van der Waals surface area contributed by atoms with Crippen LogP contribution in [-0.4, -0.2) is 24.2 Å². The van der Waals surface area contributed by atoms with Gasteiger partial charge in [-0.15, -0.1) is 0 Å². The summed E-state index contributed by atoms with van der Waals surface area (Å²) in [5.41, 5.74) is 0.812. The molecule has 1 atom stereocenters. The highest BCUT2D eigenvalue weighted by atomic mass is 16.3. The molecule has 0 radical (unpaired) electrons. The first kappa shape index (κ1) is 8.27. The SMILES string of the molecule is C=C(CO)C[C@H]1CNC(=O)C1. The molecule has 2 N–H and O–H groups in total. The number of rotatable bonds is 3. The summed E-state index contributed by atoms with van der Waals surface area (Å²) in [5.74, 6) is 0.461. The van der Waals surface area contributed by atoms with Crippen LogP contribution in [0, 0.1) is 5.92 Å². The van der Waals surface area contributed by atoms with Crippen molar-refractivity contribution in [3.63, 3.8) is 0 Å². The first-order valence-electron chi connectivity index (χ1n) is 3.76. The zero-order valence-electron chi connectivity index (χ0n) is 6.47. The molecule has 0 unspecified atom stereocenters. The van der Waals surface area contributed by atoms with E-state index < -0.39 is 0 Å². The number of amides is 1. The lowest BCUT2D eigenvalue weighted by Gasteiger charge is -2.06. The topological polar surface area (TPSA) is 49.3 Å². The van der Waals surface area contributed by atoms with Gasteiger partial charge in [0.05, 0.1) is 6.61 Å². The van der Waals surface area contributed by atoms with Crippen molar-refractivity contribution >= 4 is 5.91 Å². The molecule has 11 heavy (non-hydrogen) atoms. The Morgan fingerprint density at radius 3 is 3.00 bits per heavy atom. The molecule has 0 aromatic rings. The van der Waals surface area contributed by atoms with Crippen LogP contribution in [0.3, 0.4) is 0 Å². The lowest BCUT2D eigenvalue weighted by molar-refractivity contribution is -0.119. The van der Waals surface area contributed by atoms with Crippen molar-refractivity contribution in [3.8, 4) is 0 Å². The third-order valence-corrected chi connectivity index (χ3v) is 1.86. The minimum Gasteiger partial charge on any atom is -0.392 e. The molecule has 0 spiro atoms. The number of hydrogen-bond donors (Lipinski definition) is 2. The highest BCUT2D eigenvalue weighted by Crippen LogP contribution is 2.16. The molecule has 0 aromatic heterocycles. The summed E-state index contributed by atoms with van der Waals surface area (Å²) in [4.78, 5) is 10.7. The van der Waals surface area contributed by atoms with E-state index in [1.807, 2.05) is 0 Å². The van der Waals surface area contributed by atoms with Crippen LogP contribution < -0.4 is 5.32 Å². The molecule has 1 amide bonds. The smallest absolute Gasteiger partial charge is 0.220 e. The molecule has 3 nitrogen and oxygen atoms in total. The Morgan fingerprint density at radius 2 is 2.55 bits per heavy atom. The van der Waals surface area contributed by atoms with Crippen LogP contribution in [-0.2, 0) is 4.79 Å². The Hall–Kier alpha value is -0.830. The Bertz CT molecular complexity index is 177. The quantitative estimate of drug-likeness (QED) is 0.566. The Balaban J connectivity index is 2.28. The third kappa shape index (κ3) is 2.35. The fourth-order valence-electron chi connectivity index (χ4n) is 1.28. The van der Waals surface area contributed by atoms with Crippen molar-refractivity contribution in [1.82, 2.24) is 5.32 Å². The van der Waals surface area contributed by atoms with E-state index in [0.717, 1.165) is 18.5 Å². The van der Waals surface area contributed by atoms with Gasteiger partial charge in [-0.2, -0.15) is 0 Å². The van der Waals surface area contributed by atoms with Gasteiger partial charge in [-0.1, -0.05) is 12.2 Å². The van der Waals surface area contributed by atoms with Crippen LogP contribution in [0.15, 0.2) is 12.2 Å². The van der Waals surface area contributed by atoms with Crippen LogP contribution >= 0.6 is 0 Å². The molecule has 1 heterocycles. The fraction of sp³-hybridized carbons (Fsp3) is 0.625. The summed E-state index contributed by atoms with van der Waals surface area (Å²) < 4.78 is 0. The molecule has 0 bridgehead atoms. The molecular formula is C8H13NO2. The second-order valence-corrected chi connectivity index (χ2v) is 2.99. The summed E-state index contributed by atoms with van der Waals surface area (Å²) in [7, 11) is 0. The van der Waals surface area contributed by atoms with Gasteiger partial charge in [0, 0.05) is 13.0 Å². The molecule has 1 aliphatic rings. The number of aliphatic hydroxyl groups is 1. The lowest BCUT2D eigenvalue weighted by atomic mass is 10.00. The predicted molar refractivity (Wildman–Crippen MR) is 42.0 cm³/mol. The first-order valence-corrected chi connectivity index (χ1v) is 3.76. The minimum absolute atomic E-state index is 0.0324. The number of carbonyl (C=O) groups is 1. The van der Waals surface area contributed by atoms with E-state index in [1.54, 1.807) is 0 Å². The molecule has 1 fully saturated rings. The summed E-state index contributed by atoms with van der Waals surface area (Å²) in [6.45, 7) is 4.44. The van der Waals surface area contributed by atoms with Crippen molar-refractivity contribution in [2.45, 2.75) is 12.8 Å². The molecule has 0 aromatic carbocycles. The van der Waals surface area contributed by atoms with Crippen LogP contribution in [0.2, 0.25) is 0 Å².